The number of carbonyl (C=O) groups excluding carboxylic acids is 1. The molecule has 2 rings (SSSR count). The lowest BCUT2D eigenvalue weighted by atomic mass is 10.2. The first-order valence-corrected chi connectivity index (χ1v) is 5.40. The van der Waals surface area contributed by atoms with Crippen LogP contribution in [0.2, 0.25) is 0 Å². The summed E-state index contributed by atoms with van der Waals surface area (Å²) in [7, 11) is 0. The highest BCUT2D eigenvalue weighted by molar-refractivity contribution is 5.98. The summed E-state index contributed by atoms with van der Waals surface area (Å²) >= 11 is 0. The van der Waals surface area contributed by atoms with Crippen molar-refractivity contribution in [3.05, 3.63) is 48.2 Å². The highest BCUT2D eigenvalue weighted by atomic mass is 16.4. The van der Waals surface area contributed by atoms with E-state index in [1.807, 2.05) is 0 Å². The van der Waals surface area contributed by atoms with Gasteiger partial charge in [-0.15, -0.1) is 0 Å². The Balaban J connectivity index is 2.09. The lowest BCUT2D eigenvalue weighted by Gasteiger charge is -2.06. The topological polar surface area (TPSA) is 105 Å². The molecule has 7 nitrogen and oxygen atoms in total. The van der Waals surface area contributed by atoms with Crippen LogP contribution in [0.5, 0.6) is 0 Å². The van der Waals surface area contributed by atoms with Crippen molar-refractivity contribution in [1.82, 2.24) is 15.0 Å². The number of aromatic carboxylic acids is 1. The molecule has 0 fully saturated rings. The van der Waals surface area contributed by atoms with Gasteiger partial charge in [-0.25, -0.2) is 14.8 Å². The standard InChI is InChI=1S/C12H10N4O3/c17-9(6-8-2-1-3-13-7-8)16-11-10(12(18)19)14-4-5-15-11/h1-5,7H,6H2,(H,18,19)(H,15,16,17). The quantitative estimate of drug-likeness (QED) is 0.838. The zero-order valence-corrected chi connectivity index (χ0v) is 9.78. The number of carboxylic acids is 1. The predicted octanol–water partition coefficient (Wildman–Crippen LogP) is 0.751. The molecule has 1 amide bonds. The predicted molar refractivity (Wildman–Crippen MR) is 65.6 cm³/mol. The highest BCUT2D eigenvalue weighted by Gasteiger charge is 2.15. The van der Waals surface area contributed by atoms with Crippen molar-refractivity contribution in [3.8, 4) is 0 Å². The third-order valence-electron chi connectivity index (χ3n) is 2.25. The van der Waals surface area contributed by atoms with Gasteiger partial charge in [0.15, 0.2) is 11.5 Å². The number of anilines is 1. The molecule has 2 N–H and O–H groups in total. The summed E-state index contributed by atoms with van der Waals surface area (Å²) in [5.41, 5.74) is 0.433. The van der Waals surface area contributed by atoms with Gasteiger partial charge in [-0.1, -0.05) is 6.07 Å². The third-order valence-corrected chi connectivity index (χ3v) is 2.25. The van der Waals surface area contributed by atoms with E-state index >= 15 is 0 Å². The van der Waals surface area contributed by atoms with Gasteiger partial charge in [0.25, 0.3) is 0 Å². The van der Waals surface area contributed by atoms with Gasteiger partial charge in [0, 0.05) is 24.8 Å². The Morgan fingerprint density at radius 1 is 1.21 bits per heavy atom. The summed E-state index contributed by atoms with van der Waals surface area (Å²) in [5.74, 6) is -1.69. The molecule has 0 aliphatic rings. The molecule has 19 heavy (non-hydrogen) atoms. The van der Waals surface area contributed by atoms with Gasteiger partial charge in [0.05, 0.1) is 6.42 Å². The first kappa shape index (κ1) is 12.6. The van der Waals surface area contributed by atoms with Crippen molar-refractivity contribution in [2.45, 2.75) is 6.42 Å². The number of nitrogens with one attached hydrogen (secondary N) is 1. The molecule has 0 bridgehead atoms. The van der Waals surface area contributed by atoms with Gasteiger partial charge < -0.3 is 10.4 Å². The Hall–Kier alpha value is -2.83. The Bertz CT molecular complexity index is 601. The number of carboxylic acid groups (broad SMARTS) is 1. The van der Waals surface area contributed by atoms with Gasteiger partial charge in [-0.3, -0.25) is 9.78 Å². The summed E-state index contributed by atoms with van der Waals surface area (Å²) in [6, 6.07) is 3.47. The molecular formula is C12H10N4O3. The molecule has 0 radical (unpaired) electrons. The summed E-state index contributed by atoms with van der Waals surface area (Å²) in [5, 5.41) is 11.3. The van der Waals surface area contributed by atoms with E-state index in [4.69, 9.17) is 5.11 Å². The van der Waals surface area contributed by atoms with Crippen LogP contribution in [0.15, 0.2) is 36.9 Å². The largest absolute Gasteiger partial charge is 0.476 e. The molecule has 0 aromatic carbocycles. The average molecular weight is 258 g/mol. The van der Waals surface area contributed by atoms with Crippen LogP contribution in [0.3, 0.4) is 0 Å². The number of pyridine rings is 1. The summed E-state index contributed by atoms with van der Waals surface area (Å²) < 4.78 is 0. The molecule has 0 atom stereocenters. The molecule has 2 aromatic rings. The van der Waals surface area contributed by atoms with Gasteiger partial charge in [0.1, 0.15) is 0 Å². The minimum atomic E-state index is -1.25. The van der Waals surface area contributed by atoms with Crippen molar-refractivity contribution in [2.24, 2.45) is 0 Å². The molecule has 96 valence electrons. The van der Waals surface area contributed by atoms with Gasteiger partial charge in [0.2, 0.25) is 5.91 Å². The zero-order chi connectivity index (χ0) is 13.7. The number of nitrogens with zero attached hydrogens (tertiary/aromatic N) is 3. The Morgan fingerprint density at radius 2 is 2.00 bits per heavy atom. The smallest absolute Gasteiger partial charge is 0.358 e. The number of hydrogen-bond acceptors (Lipinski definition) is 5. The second-order valence-electron chi connectivity index (χ2n) is 3.64. The fraction of sp³-hybridized carbons (Fsp3) is 0.0833. The molecule has 7 heteroatoms. The number of hydrogen-bond donors (Lipinski definition) is 2. The van der Waals surface area contributed by atoms with Crippen LogP contribution in [-0.4, -0.2) is 31.9 Å². The Morgan fingerprint density at radius 3 is 2.68 bits per heavy atom. The fourth-order valence-electron chi connectivity index (χ4n) is 1.45. The second kappa shape index (κ2) is 5.67. The van der Waals surface area contributed by atoms with Crippen LogP contribution in [-0.2, 0) is 11.2 Å². The molecular weight excluding hydrogens is 248 g/mol. The van der Waals surface area contributed by atoms with Crippen molar-refractivity contribution in [3.63, 3.8) is 0 Å². The van der Waals surface area contributed by atoms with E-state index in [2.05, 4.69) is 20.3 Å². The van der Waals surface area contributed by atoms with Crippen LogP contribution >= 0.6 is 0 Å². The highest BCUT2D eigenvalue weighted by Crippen LogP contribution is 2.09. The summed E-state index contributed by atoms with van der Waals surface area (Å²) in [6.07, 6.45) is 5.82. The lowest BCUT2D eigenvalue weighted by molar-refractivity contribution is -0.115. The van der Waals surface area contributed by atoms with Gasteiger partial charge >= 0.3 is 5.97 Å². The van der Waals surface area contributed by atoms with Gasteiger partial charge in [-0.2, -0.15) is 0 Å². The van der Waals surface area contributed by atoms with E-state index < -0.39 is 5.97 Å². The number of carbonyl (C=O) groups is 2. The number of amides is 1. The molecule has 0 saturated carbocycles. The fourth-order valence-corrected chi connectivity index (χ4v) is 1.45. The molecule has 0 spiro atoms. The molecule has 2 heterocycles. The van der Waals surface area contributed by atoms with E-state index in [0.717, 1.165) is 5.56 Å². The summed E-state index contributed by atoms with van der Waals surface area (Å²) in [4.78, 5) is 34.0. The lowest BCUT2D eigenvalue weighted by Crippen LogP contribution is -2.18. The number of aromatic nitrogens is 3. The molecule has 2 aromatic heterocycles. The van der Waals surface area contributed by atoms with E-state index in [9.17, 15) is 9.59 Å². The van der Waals surface area contributed by atoms with Crippen molar-refractivity contribution >= 4 is 17.7 Å². The Kier molecular flexibility index (Phi) is 3.77. The van der Waals surface area contributed by atoms with Gasteiger partial charge in [-0.05, 0) is 11.6 Å². The number of rotatable bonds is 4. The maximum atomic E-state index is 11.8. The van der Waals surface area contributed by atoms with Crippen LogP contribution in [0, 0.1) is 0 Å². The normalized spacial score (nSPS) is 9.89. The van der Waals surface area contributed by atoms with Crippen molar-refractivity contribution < 1.29 is 14.7 Å². The van der Waals surface area contributed by atoms with Crippen molar-refractivity contribution in [1.29, 1.82) is 0 Å². The minimum absolute atomic E-state index is 0.0658. The first-order valence-electron chi connectivity index (χ1n) is 5.40. The Labute approximate surface area is 108 Å². The van der Waals surface area contributed by atoms with Crippen LogP contribution in [0.25, 0.3) is 0 Å². The zero-order valence-electron chi connectivity index (χ0n) is 9.78. The second-order valence-corrected chi connectivity index (χ2v) is 3.64. The van der Waals surface area contributed by atoms with E-state index in [1.54, 1.807) is 24.5 Å². The van der Waals surface area contributed by atoms with Crippen LogP contribution in [0.4, 0.5) is 5.82 Å². The minimum Gasteiger partial charge on any atom is -0.476 e. The summed E-state index contributed by atoms with van der Waals surface area (Å²) in [6.45, 7) is 0. The SMILES string of the molecule is O=C(Cc1cccnc1)Nc1nccnc1C(=O)O. The van der Waals surface area contributed by atoms with E-state index in [-0.39, 0.29) is 23.8 Å². The van der Waals surface area contributed by atoms with Crippen LogP contribution in [0.1, 0.15) is 16.1 Å². The van der Waals surface area contributed by atoms with Crippen molar-refractivity contribution in [2.75, 3.05) is 5.32 Å². The van der Waals surface area contributed by atoms with Crippen LogP contribution < -0.4 is 5.32 Å². The molecule has 0 aliphatic heterocycles. The average Bonchev–Trinajstić information content (AvgIpc) is 2.40. The third kappa shape index (κ3) is 3.32. The first-order chi connectivity index (χ1) is 9.16. The monoisotopic (exact) mass is 258 g/mol. The molecule has 0 saturated heterocycles. The van der Waals surface area contributed by atoms with E-state index in [1.165, 1.54) is 12.4 Å². The molecule has 0 aliphatic carbocycles. The maximum absolute atomic E-state index is 11.8. The van der Waals surface area contributed by atoms with E-state index in [0.29, 0.717) is 0 Å². The molecule has 0 unspecified atom stereocenters. The maximum Gasteiger partial charge on any atom is 0.358 e.